The van der Waals surface area contributed by atoms with Gasteiger partial charge < -0.3 is 15.2 Å². The molecule has 6 heteroatoms. The van der Waals surface area contributed by atoms with E-state index in [0.29, 0.717) is 13.2 Å². The highest BCUT2D eigenvalue weighted by atomic mass is 16.8. The first-order valence-electron chi connectivity index (χ1n) is 6.81. The molecule has 4 atom stereocenters. The van der Waals surface area contributed by atoms with Gasteiger partial charge in [0.1, 0.15) is 11.3 Å². The molecule has 0 aromatic heterocycles. The first-order chi connectivity index (χ1) is 9.67. The van der Waals surface area contributed by atoms with E-state index in [9.17, 15) is 10.5 Å². The molecule has 5 aliphatic rings. The summed E-state index contributed by atoms with van der Waals surface area (Å²) in [5.41, 5.74) is 3.81. The Labute approximate surface area is 116 Å². The molecule has 102 valence electrons. The highest BCUT2D eigenvalue weighted by Gasteiger charge is 2.80. The molecule has 1 saturated heterocycles. The molecule has 6 nitrogen and oxygen atoms in total. The quantitative estimate of drug-likeness (QED) is 0.651. The molecular weight excluding hydrogens is 256 g/mol. The Kier molecular flexibility index (Phi) is 2.03. The van der Waals surface area contributed by atoms with Gasteiger partial charge in [-0.1, -0.05) is 12.2 Å². The summed E-state index contributed by atoms with van der Waals surface area (Å²) in [5, 5.41) is 19.9. The van der Waals surface area contributed by atoms with Crippen molar-refractivity contribution in [3.8, 4) is 12.1 Å². The molecule has 2 aliphatic heterocycles. The van der Waals surface area contributed by atoms with Crippen molar-refractivity contribution in [3.63, 3.8) is 0 Å². The zero-order chi connectivity index (χ0) is 14.0. The highest BCUT2D eigenvalue weighted by Crippen LogP contribution is 2.69. The maximum atomic E-state index is 9.99. The lowest BCUT2D eigenvalue weighted by atomic mass is 9.45. The number of allylic oxidation sites excluding steroid dienone is 2. The zero-order valence-electron chi connectivity index (χ0n) is 10.9. The van der Waals surface area contributed by atoms with E-state index < -0.39 is 16.7 Å². The van der Waals surface area contributed by atoms with E-state index in [-0.39, 0.29) is 17.7 Å². The molecular formula is C14H14N4O2. The zero-order valence-corrected chi connectivity index (χ0v) is 10.9. The highest BCUT2D eigenvalue weighted by molar-refractivity contribution is 5.95. The van der Waals surface area contributed by atoms with Crippen LogP contribution in [-0.4, -0.2) is 25.0 Å². The van der Waals surface area contributed by atoms with Crippen LogP contribution in [0.15, 0.2) is 17.1 Å². The van der Waals surface area contributed by atoms with E-state index in [4.69, 9.17) is 15.2 Å². The van der Waals surface area contributed by atoms with E-state index in [1.807, 2.05) is 12.2 Å². The Morgan fingerprint density at radius 3 is 2.35 bits per heavy atom. The fraction of sp³-hybridized carbons (Fsp3) is 0.643. The smallest absolute Gasteiger partial charge is 0.293 e. The minimum Gasteiger partial charge on any atom is -0.386 e. The molecule has 2 N–H and O–H groups in total. The first-order valence-corrected chi connectivity index (χ1v) is 6.81. The van der Waals surface area contributed by atoms with Crippen molar-refractivity contribution in [3.05, 3.63) is 12.2 Å². The minimum absolute atomic E-state index is 0.104. The molecule has 0 aromatic carbocycles. The van der Waals surface area contributed by atoms with Crippen molar-refractivity contribution in [1.82, 2.24) is 0 Å². The van der Waals surface area contributed by atoms with Gasteiger partial charge in [0, 0.05) is 11.8 Å². The molecule has 0 amide bonds. The van der Waals surface area contributed by atoms with Crippen LogP contribution in [0.1, 0.15) is 12.8 Å². The summed E-state index contributed by atoms with van der Waals surface area (Å²) in [7, 11) is 0. The third-order valence-electron chi connectivity index (χ3n) is 5.30. The van der Waals surface area contributed by atoms with Gasteiger partial charge in [0.25, 0.3) is 5.91 Å². The van der Waals surface area contributed by atoms with Crippen LogP contribution in [0, 0.1) is 45.3 Å². The second-order valence-corrected chi connectivity index (χ2v) is 5.79. The van der Waals surface area contributed by atoms with Gasteiger partial charge in [-0.25, -0.2) is 4.99 Å². The van der Waals surface area contributed by atoms with Crippen LogP contribution in [0.5, 0.6) is 0 Å². The predicted octanol–water partition coefficient (Wildman–Crippen LogP) is 0.674. The van der Waals surface area contributed by atoms with Gasteiger partial charge in [-0.05, 0) is 12.8 Å². The average molecular weight is 270 g/mol. The van der Waals surface area contributed by atoms with Gasteiger partial charge >= 0.3 is 0 Å². The van der Waals surface area contributed by atoms with Gasteiger partial charge in [0.05, 0.1) is 25.4 Å². The largest absolute Gasteiger partial charge is 0.386 e. The summed E-state index contributed by atoms with van der Waals surface area (Å²) < 4.78 is 11.4. The third-order valence-corrected chi connectivity index (χ3v) is 5.30. The number of fused-ring (bicyclic) bond motifs is 1. The Morgan fingerprint density at radius 1 is 1.15 bits per heavy atom. The molecule has 20 heavy (non-hydrogen) atoms. The maximum absolute atomic E-state index is 9.99. The monoisotopic (exact) mass is 270 g/mol. The van der Waals surface area contributed by atoms with Crippen molar-refractivity contribution in [2.24, 2.45) is 33.4 Å². The molecule has 0 unspecified atom stereocenters. The standard InChI is InChI=1S/C14H14N4O2/c15-7-12-9-1-3-10(4-2-9)13(12,8-16)14(18-11(12)17)19-5-6-20-14/h1,3,9-10H,2,4-6H2,(H2,17,18)/t9-,10-,12+,13+/m0/s1. The number of nitrogens with two attached hydrogens (primary N) is 1. The number of hydrogen-bond donors (Lipinski definition) is 1. The lowest BCUT2D eigenvalue weighted by Gasteiger charge is -2.54. The fourth-order valence-corrected chi connectivity index (χ4v) is 4.50. The molecule has 2 heterocycles. The summed E-state index contributed by atoms with van der Waals surface area (Å²) in [6.45, 7) is 0.728. The Bertz CT molecular complexity index is 622. The minimum atomic E-state index is -1.41. The van der Waals surface area contributed by atoms with Crippen LogP contribution in [0.2, 0.25) is 0 Å². The van der Waals surface area contributed by atoms with E-state index in [1.165, 1.54) is 0 Å². The average Bonchev–Trinajstić information content (AvgIpc) is 3.04. The van der Waals surface area contributed by atoms with Crippen LogP contribution < -0.4 is 5.73 Å². The van der Waals surface area contributed by atoms with Crippen molar-refractivity contribution in [2.45, 2.75) is 18.8 Å². The first kappa shape index (κ1) is 11.9. The van der Waals surface area contributed by atoms with Crippen LogP contribution in [-0.2, 0) is 9.47 Å². The van der Waals surface area contributed by atoms with Crippen molar-refractivity contribution in [2.75, 3.05) is 13.2 Å². The molecule has 2 fully saturated rings. The number of ether oxygens (including phenoxy) is 2. The SMILES string of the molecule is N#C[C@@]12C(N)=NC3(OCCO3)[C@]1(C#N)[C@H]1C=C[C@H]2CC1. The maximum Gasteiger partial charge on any atom is 0.293 e. The predicted molar refractivity (Wildman–Crippen MR) is 67.7 cm³/mol. The van der Waals surface area contributed by atoms with Gasteiger partial charge in [-0.3, -0.25) is 0 Å². The van der Waals surface area contributed by atoms with Crippen molar-refractivity contribution in [1.29, 1.82) is 10.5 Å². The van der Waals surface area contributed by atoms with Crippen LogP contribution >= 0.6 is 0 Å². The van der Waals surface area contributed by atoms with Crippen molar-refractivity contribution >= 4 is 5.84 Å². The van der Waals surface area contributed by atoms with Crippen molar-refractivity contribution < 1.29 is 9.47 Å². The van der Waals surface area contributed by atoms with Gasteiger partial charge in [-0.2, -0.15) is 10.5 Å². The number of aliphatic imine (C=N–C) groups is 1. The van der Waals surface area contributed by atoms with Gasteiger partial charge in [0.2, 0.25) is 0 Å². The van der Waals surface area contributed by atoms with E-state index in [2.05, 4.69) is 17.1 Å². The summed E-state index contributed by atoms with van der Waals surface area (Å²) in [6, 6.07) is 4.66. The second kappa shape index (κ2) is 3.41. The molecule has 0 radical (unpaired) electrons. The number of rotatable bonds is 0. The number of nitriles is 2. The Morgan fingerprint density at radius 2 is 1.80 bits per heavy atom. The summed E-state index contributed by atoms with van der Waals surface area (Å²) in [4.78, 5) is 4.36. The number of nitrogens with zero attached hydrogens (tertiary/aromatic N) is 3. The summed E-state index contributed by atoms with van der Waals surface area (Å²) in [5.74, 6) is -1.45. The van der Waals surface area contributed by atoms with Gasteiger partial charge in [0.15, 0.2) is 5.41 Å². The second-order valence-electron chi connectivity index (χ2n) is 5.79. The van der Waals surface area contributed by atoms with E-state index in [1.54, 1.807) is 0 Å². The summed E-state index contributed by atoms with van der Waals surface area (Å²) >= 11 is 0. The number of amidine groups is 1. The van der Waals surface area contributed by atoms with Gasteiger partial charge in [-0.15, -0.1) is 0 Å². The topological polar surface area (TPSA) is 104 Å². The third kappa shape index (κ3) is 0.895. The summed E-state index contributed by atoms with van der Waals surface area (Å²) in [6.07, 6.45) is 5.68. The molecule has 5 rings (SSSR count). The Hall–Kier alpha value is -1.89. The van der Waals surface area contributed by atoms with E-state index in [0.717, 1.165) is 12.8 Å². The molecule has 1 saturated carbocycles. The molecule has 2 bridgehead atoms. The normalized spacial score (nSPS) is 46.8. The van der Waals surface area contributed by atoms with E-state index >= 15 is 0 Å². The molecule has 3 aliphatic carbocycles. The number of hydrogen-bond acceptors (Lipinski definition) is 6. The Balaban J connectivity index is 2.05. The van der Waals surface area contributed by atoms with Crippen LogP contribution in [0.3, 0.4) is 0 Å². The lowest BCUT2D eigenvalue weighted by molar-refractivity contribution is -0.244. The molecule has 1 spiro atoms. The lowest BCUT2D eigenvalue weighted by Crippen LogP contribution is -2.64. The van der Waals surface area contributed by atoms with Crippen LogP contribution in [0.4, 0.5) is 0 Å². The van der Waals surface area contributed by atoms with Crippen LogP contribution in [0.25, 0.3) is 0 Å². The molecule has 0 aromatic rings. The fourth-order valence-electron chi connectivity index (χ4n) is 4.50.